The fraction of sp³-hybridized carbons (Fsp3) is 0.300. The highest BCUT2D eigenvalue weighted by Gasteiger charge is 2.04. The molecule has 0 spiro atoms. The number of isothiocyanates is 1. The number of nitrogens with zero attached hydrogens (tertiary/aromatic N) is 1. The lowest BCUT2D eigenvalue weighted by atomic mass is 10.1. The summed E-state index contributed by atoms with van der Waals surface area (Å²) in [5.74, 6) is 0. The molecule has 1 rings (SSSR count). The van der Waals surface area contributed by atoms with E-state index in [0.717, 1.165) is 10.9 Å². The average molecular weight is 291 g/mol. The first kappa shape index (κ1) is 11.9. The number of benzene rings is 1. The Morgan fingerprint density at radius 2 is 2.07 bits per heavy atom. The monoisotopic (exact) mass is 289 g/mol. The number of hydrogen-bond donors (Lipinski definition) is 0. The SMILES string of the molecule is S=C=NCC(Cl)Cc1ccc(Br)cc1. The van der Waals surface area contributed by atoms with Gasteiger partial charge in [0.2, 0.25) is 0 Å². The molecule has 0 radical (unpaired) electrons. The summed E-state index contributed by atoms with van der Waals surface area (Å²) in [6.07, 6.45) is 0.801. The fourth-order valence-electron chi connectivity index (χ4n) is 1.08. The Balaban J connectivity index is 2.51. The minimum atomic E-state index is -0.00775. The molecule has 0 heterocycles. The summed E-state index contributed by atoms with van der Waals surface area (Å²) in [6.45, 7) is 0.529. The molecule has 0 N–H and O–H groups in total. The molecule has 1 nitrogen and oxygen atoms in total. The number of thiocarbonyl (C=S) groups is 1. The lowest BCUT2D eigenvalue weighted by Gasteiger charge is -2.05. The maximum Gasteiger partial charge on any atom is 0.0660 e. The molecule has 0 bridgehead atoms. The van der Waals surface area contributed by atoms with Gasteiger partial charge in [-0.25, -0.2) is 4.99 Å². The Labute approximate surface area is 102 Å². The first-order chi connectivity index (χ1) is 6.72. The predicted octanol–water partition coefficient (Wildman–Crippen LogP) is 3.70. The molecule has 1 aromatic rings. The third-order valence-electron chi connectivity index (χ3n) is 1.72. The van der Waals surface area contributed by atoms with Crippen molar-refractivity contribution in [3.05, 3.63) is 34.3 Å². The van der Waals surface area contributed by atoms with Crippen LogP contribution >= 0.6 is 39.7 Å². The van der Waals surface area contributed by atoms with Crippen LogP contribution in [-0.2, 0) is 6.42 Å². The van der Waals surface area contributed by atoms with Crippen LogP contribution in [0.1, 0.15) is 5.56 Å². The molecule has 4 heteroatoms. The van der Waals surface area contributed by atoms with Crippen molar-refractivity contribution in [2.75, 3.05) is 6.54 Å². The van der Waals surface area contributed by atoms with Crippen LogP contribution < -0.4 is 0 Å². The summed E-state index contributed by atoms with van der Waals surface area (Å²) in [7, 11) is 0. The van der Waals surface area contributed by atoms with Crippen molar-refractivity contribution in [1.82, 2.24) is 0 Å². The Hall–Kier alpha value is -0.210. The van der Waals surface area contributed by atoms with Crippen molar-refractivity contribution in [2.24, 2.45) is 4.99 Å². The first-order valence-corrected chi connectivity index (χ1v) is 5.78. The van der Waals surface area contributed by atoms with Gasteiger partial charge in [0.1, 0.15) is 0 Å². The molecule has 0 aliphatic carbocycles. The molecule has 1 aromatic carbocycles. The molecule has 1 atom stereocenters. The zero-order chi connectivity index (χ0) is 10.4. The van der Waals surface area contributed by atoms with Crippen molar-refractivity contribution in [3.63, 3.8) is 0 Å². The van der Waals surface area contributed by atoms with E-state index >= 15 is 0 Å². The van der Waals surface area contributed by atoms with Crippen LogP contribution in [0.15, 0.2) is 33.7 Å². The first-order valence-electron chi connectivity index (χ1n) is 4.14. The van der Waals surface area contributed by atoms with Gasteiger partial charge in [0.05, 0.1) is 17.1 Å². The molecule has 0 aliphatic heterocycles. The molecule has 0 aliphatic rings. The molecule has 0 saturated carbocycles. The third-order valence-corrected chi connectivity index (χ3v) is 2.67. The number of alkyl halides is 1. The van der Waals surface area contributed by atoms with Gasteiger partial charge in [0.25, 0.3) is 0 Å². The normalized spacial score (nSPS) is 11.9. The summed E-state index contributed by atoms with van der Waals surface area (Å²) in [4.78, 5) is 3.81. The van der Waals surface area contributed by atoms with E-state index < -0.39 is 0 Å². The number of halogens is 2. The van der Waals surface area contributed by atoms with E-state index in [1.165, 1.54) is 5.56 Å². The Morgan fingerprint density at radius 3 is 2.64 bits per heavy atom. The molecular formula is C10H9BrClNS. The fourth-order valence-corrected chi connectivity index (χ4v) is 1.66. The average Bonchev–Trinajstić information content (AvgIpc) is 2.18. The van der Waals surface area contributed by atoms with Crippen molar-refractivity contribution < 1.29 is 0 Å². The van der Waals surface area contributed by atoms with E-state index in [0.29, 0.717) is 6.54 Å². The van der Waals surface area contributed by atoms with E-state index in [2.05, 4.69) is 38.3 Å². The van der Waals surface area contributed by atoms with Crippen LogP contribution in [0.5, 0.6) is 0 Å². The van der Waals surface area contributed by atoms with Crippen molar-refractivity contribution in [3.8, 4) is 0 Å². The van der Waals surface area contributed by atoms with Crippen molar-refractivity contribution in [1.29, 1.82) is 0 Å². The second-order valence-corrected chi connectivity index (χ2v) is 4.58. The van der Waals surface area contributed by atoms with Gasteiger partial charge in [-0.2, -0.15) is 0 Å². The maximum absolute atomic E-state index is 6.04. The number of hydrogen-bond acceptors (Lipinski definition) is 2. The highest BCUT2D eigenvalue weighted by Crippen LogP contribution is 2.13. The smallest absolute Gasteiger partial charge is 0.0660 e. The van der Waals surface area contributed by atoms with Gasteiger partial charge in [-0.3, -0.25) is 0 Å². The Morgan fingerprint density at radius 1 is 1.43 bits per heavy atom. The lowest BCUT2D eigenvalue weighted by molar-refractivity contribution is 0.847. The van der Waals surface area contributed by atoms with Crippen molar-refractivity contribution in [2.45, 2.75) is 11.8 Å². The summed E-state index contributed by atoms with van der Waals surface area (Å²) < 4.78 is 1.07. The summed E-state index contributed by atoms with van der Waals surface area (Å²) in [5.41, 5.74) is 1.20. The van der Waals surface area contributed by atoms with Crippen LogP contribution in [0.4, 0.5) is 0 Å². The van der Waals surface area contributed by atoms with E-state index in [1.807, 2.05) is 24.3 Å². The van der Waals surface area contributed by atoms with Gasteiger partial charge in [0, 0.05) is 4.47 Å². The number of rotatable bonds is 4. The zero-order valence-electron chi connectivity index (χ0n) is 7.41. The summed E-state index contributed by atoms with van der Waals surface area (Å²) >= 11 is 13.9. The lowest BCUT2D eigenvalue weighted by Crippen LogP contribution is -2.06. The molecule has 14 heavy (non-hydrogen) atoms. The van der Waals surface area contributed by atoms with E-state index in [9.17, 15) is 0 Å². The highest BCUT2D eigenvalue weighted by atomic mass is 79.9. The third kappa shape index (κ3) is 4.34. The molecule has 74 valence electrons. The molecule has 0 amide bonds. The van der Waals surface area contributed by atoms with E-state index in [1.54, 1.807) is 0 Å². The maximum atomic E-state index is 6.04. The van der Waals surface area contributed by atoms with Crippen LogP contribution in [0.25, 0.3) is 0 Å². The Bertz CT molecular complexity index is 332. The standard InChI is InChI=1S/C10H9BrClNS/c11-9-3-1-8(2-4-9)5-10(12)6-13-7-14/h1-4,10H,5-6H2. The largest absolute Gasteiger partial charge is 0.231 e. The minimum Gasteiger partial charge on any atom is -0.231 e. The van der Waals surface area contributed by atoms with E-state index in [-0.39, 0.29) is 5.38 Å². The second kappa shape index (κ2) is 6.31. The summed E-state index contributed by atoms with van der Waals surface area (Å²) in [6, 6.07) is 8.09. The molecule has 0 fully saturated rings. The van der Waals surface area contributed by atoms with Gasteiger partial charge >= 0.3 is 0 Å². The van der Waals surface area contributed by atoms with Crippen LogP contribution in [-0.4, -0.2) is 17.1 Å². The van der Waals surface area contributed by atoms with Gasteiger partial charge < -0.3 is 0 Å². The highest BCUT2D eigenvalue weighted by molar-refractivity contribution is 9.10. The molecule has 0 saturated heterocycles. The minimum absolute atomic E-state index is 0.00775. The number of aliphatic imine (C=N–C) groups is 1. The van der Waals surface area contributed by atoms with Crippen LogP contribution in [0.3, 0.4) is 0 Å². The van der Waals surface area contributed by atoms with E-state index in [4.69, 9.17) is 11.6 Å². The van der Waals surface area contributed by atoms with Crippen LogP contribution in [0.2, 0.25) is 0 Å². The van der Waals surface area contributed by atoms with Crippen LogP contribution in [0, 0.1) is 0 Å². The van der Waals surface area contributed by atoms with Gasteiger partial charge in [-0.15, -0.1) is 11.6 Å². The Kier molecular flexibility index (Phi) is 5.34. The zero-order valence-corrected chi connectivity index (χ0v) is 10.6. The predicted molar refractivity (Wildman–Crippen MR) is 67.4 cm³/mol. The van der Waals surface area contributed by atoms with Gasteiger partial charge in [0.15, 0.2) is 0 Å². The summed E-state index contributed by atoms with van der Waals surface area (Å²) in [5, 5.41) is 2.30. The molecular weight excluding hydrogens is 282 g/mol. The quantitative estimate of drug-likeness (QED) is 0.468. The van der Waals surface area contributed by atoms with Gasteiger partial charge in [-0.1, -0.05) is 28.1 Å². The molecule has 1 unspecified atom stereocenters. The van der Waals surface area contributed by atoms with Gasteiger partial charge in [-0.05, 0) is 36.3 Å². The topological polar surface area (TPSA) is 12.4 Å². The molecule has 0 aromatic heterocycles. The van der Waals surface area contributed by atoms with Crippen molar-refractivity contribution >= 4 is 44.9 Å². The second-order valence-electron chi connectivity index (χ2n) is 2.86.